The molecule has 7 heteroatoms. The van der Waals surface area contributed by atoms with Gasteiger partial charge < -0.3 is 0 Å². The van der Waals surface area contributed by atoms with Gasteiger partial charge in [-0.2, -0.15) is 5.10 Å². The van der Waals surface area contributed by atoms with E-state index in [-0.39, 0.29) is 0 Å². The second-order valence-corrected chi connectivity index (χ2v) is 5.53. The number of rotatable bonds is 4. The minimum absolute atomic E-state index is 0.323. The van der Waals surface area contributed by atoms with E-state index in [9.17, 15) is 8.42 Å². The fourth-order valence-corrected chi connectivity index (χ4v) is 2.30. The Kier molecular flexibility index (Phi) is 2.80. The van der Waals surface area contributed by atoms with Crippen LogP contribution in [0.3, 0.4) is 0 Å². The van der Waals surface area contributed by atoms with Gasteiger partial charge in [-0.1, -0.05) is 12.6 Å². The molecule has 16 heavy (non-hydrogen) atoms. The minimum Gasteiger partial charge on any atom is -0.264 e. The summed E-state index contributed by atoms with van der Waals surface area (Å²) in [6.45, 7) is 3.20. The van der Waals surface area contributed by atoms with Gasteiger partial charge in [0.15, 0.2) is 0 Å². The van der Waals surface area contributed by atoms with Gasteiger partial charge in [0.25, 0.3) is 10.0 Å². The van der Waals surface area contributed by atoms with Gasteiger partial charge in [0, 0.05) is 11.5 Å². The third-order valence-corrected chi connectivity index (χ3v) is 3.66. The lowest BCUT2D eigenvalue weighted by Gasteiger charge is -1.97. The van der Waals surface area contributed by atoms with Crippen LogP contribution in [0.4, 0.5) is 5.82 Å². The quantitative estimate of drug-likeness (QED) is 0.877. The van der Waals surface area contributed by atoms with Crippen molar-refractivity contribution in [3.8, 4) is 10.6 Å². The van der Waals surface area contributed by atoms with Crippen molar-refractivity contribution in [3.63, 3.8) is 0 Å². The molecule has 0 radical (unpaired) electrons. The molecule has 0 saturated carbocycles. The zero-order valence-corrected chi connectivity index (χ0v) is 9.81. The monoisotopic (exact) mass is 255 g/mol. The van der Waals surface area contributed by atoms with E-state index in [4.69, 9.17) is 0 Å². The summed E-state index contributed by atoms with van der Waals surface area (Å²) in [6, 6.07) is 5.45. The molecule has 5 nitrogen and oxygen atoms in total. The summed E-state index contributed by atoms with van der Waals surface area (Å²) < 4.78 is 24.7. The van der Waals surface area contributed by atoms with Crippen LogP contribution in [0.1, 0.15) is 0 Å². The van der Waals surface area contributed by atoms with E-state index in [1.807, 2.05) is 17.5 Å². The highest BCUT2D eigenvalue weighted by Crippen LogP contribution is 2.24. The van der Waals surface area contributed by atoms with Crippen LogP contribution < -0.4 is 4.72 Å². The lowest BCUT2D eigenvalue weighted by atomic mass is 10.3. The van der Waals surface area contributed by atoms with Crippen LogP contribution in [0.5, 0.6) is 0 Å². The predicted molar refractivity (Wildman–Crippen MR) is 64.6 cm³/mol. The first-order valence-electron chi connectivity index (χ1n) is 4.35. The Morgan fingerprint density at radius 2 is 2.38 bits per heavy atom. The Morgan fingerprint density at radius 1 is 1.56 bits per heavy atom. The number of sulfonamides is 1. The van der Waals surface area contributed by atoms with Crippen LogP contribution in [0, 0.1) is 0 Å². The molecule has 0 fully saturated rings. The molecule has 0 saturated heterocycles. The van der Waals surface area contributed by atoms with Crippen molar-refractivity contribution in [2.24, 2.45) is 0 Å². The van der Waals surface area contributed by atoms with Crippen LogP contribution in [0.2, 0.25) is 0 Å². The van der Waals surface area contributed by atoms with Gasteiger partial charge in [-0.3, -0.25) is 9.82 Å². The van der Waals surface area contributed by atoms with Crippen molar-refractivity contribution in [1.82, 2.24) is 10.2 Å². The fraction of sp³-hybridized carbons (Fsp3) is 0. The Bertz CT molecular complexity index is 584. The maximum absolute atomic E-state index is 11.2. The van der Waals surface area contributed by atoms with Crippen LogP contribution in [-0.2, 0) is 10.0 Å². The Hall–Kier alpha value is -1.60. The number of nitrogens with one attached hydrogen (secondary N) is 2. The smallest absolute Gasteiger partial charge is 0.255 e. The molecule has 2 aromatic rings. The number of H-pyrrole nitrogens is 1. The molecule has 0 aliphatic carbocycles. The van der Waals surface area contributed by atoms with Crippen LogP contribution in [0.15, 0.2) is 35.6 Å². The van der Waals surface area contributed by atoms with Crippen LogP contribution in [0.25, 0.3) is 10.6 Å². The molecule has 84 valence electrons. The van der Waals surface area contributed by atoms with Gasteiger partial charge in [0.2, 0.25) is 0 Å². The molecule has 2 aromatic heterocycles. The van der Waals surface area contributed by atoms with Gasteiger partial charge in [0.1, 0.15) is 11.5 Å². The van der Waals surface area contributed by atoms with Gasteiger partial charge in [-0.25, -0.2) is 8.42 Å². The highest BCUT2D eigenvalue weighted by molar-refractivity contribution is 7.95. The van der Waals surface area contributed by atoms with Crippen LogP contribution in [-0.4, -0.2) is 18.6 Å². The summed E-state index contributed by atoms with van der Waals surface area (Å²) in [4.78, 5) is 0.973. The van der Waals surface area contributed by atoms with Gasteiger partial charge >= 0.3 is 0 Å². The van der Waals surface area contributed by atoms with Crippen molar-refractivity contribution in [2.45, 2.75) is 0 Å². The maximum atomic E-state index is 11.2. The summed E-state index contributed by atoms with van der Waals surface area (Å²) in [5.41, 5.74) is 0.705. The van der Waals surface area contributed by atoms with E-state index in [2.05, 4.69) is 21.5 Å². The van der Waals surface area contributed by atoms with E-state index in [1.165, 1.54) is 11.3 Å². The summed E-state index contributed by atoms with van der Waals surface area (Å²) in [5, 5.41) is 9.38. The number of hydrogen-bond acceptors (Lipinski definition) is 4. The third kappa shape index (κ3) is 2.31. The van der Waals surface area contributed by atoms with Crippen molar-refractivity contribution >= 4 is 27.2 Å². The Balaban J connectivity index is 2.24. The highest BCUT2D eigenvalue weighted by atomic mass is 32.2. The molecule has 0 aliphatic rings. The molecule has 0 spiro atoms. The van der Waals surface area contributed by atoms with E-state index >= 15 is 0 Å². The molecule has 0 atom stereocenters. The minimum atomic E-state index is -3.48. The maximum Gasteiger partial charge on any atom is 0.255 e. The van der Waals surface area contributed by atoms with Crippen molar-refractivity contribution in [2.75, 3.05) is 4.72 Å². The third-order valence-electron chi connectivity index (χ3n) is 1.82. The van der Waals surface area contributed by atoms with Crippen molar-refractivity contribution in [1.29, 1.82) is 0 Å². The molecule has 2 N–H and O–H groups in total. The first kappa shape index (κ1) is 10.9. The number of hydrogen-bond donors (Lipinski definition) is 2. The van der Waals surface area contributed by atoms with Gasteiger partial charge in [0.05, 0.1) is 4.88 Å². The molecule has 0 unspecified atom stereocenters. The van der Waals surface area contributed by atoms with Crippen LogP contribution >= 0.6 is 11.3 Å². The molecular weight excluding hydrogens is 246 g/mol. The Labute approximate surface area is 96.9 Å². The summed E-state index contributed by atoms with van der Waals surface area (Å²) in [5.74, 6) is 0.323. The standard InChI is InChI=1S/C9H9N3O2S2/c1-2-16(13,14)12-9-6-7(10-11-9)8-4-3-5-15-8/h2-6H,1H2,(H2,10,11,12). The van der Waals surface area contributed by atoms with E-state index in [0.29, 0.717) is 11.5 Å². The molecule has 0 bridgehead atoms. The molecular formula is C9H9N3O2S2. The number of anilines is 1. The fourth-order valence-electron chi connectivity index (χ4n) is 1.12. The molecule has 2 rings (SSSR count). The normalized spacial score (nSPS) is 11.2. The first-order chi connectivity index (χ1) is 7.61. The largest absolute Gasteiger partial charge is 0.264 e. The van der Waals surface area contributed by atoms with E-state index in [1.54, 1.807) is 6.07 Å². The lowest BCUT2D eigenvalue weighted by molar-refractivity contribution is 0.609. The highest BCUT2D eigenvalue weighted by Gasteiger charge is 2.08. The van der Waals surface area contributed by atoms with E-state index in [0.717, 1.165) is 10.3 Å². The zero-order valence-electron chi connectivity index (χ0n) is 8.17. The molecule has 0 amide bonds. The summed E-state index contributed by atoms with van der Waals surface area (Å²) >= 11 is 1.53. The summed E-state index contributed by atoms with van der Waals surface area (Å²) in [6.07, 6.45) is 0. The van der Waals surface area contributed by atoms with Crippen molar-refractivity contribution < 1.29 is 8.42 Å². The topological polar surface area (TPSA) is 74.8 Å². The molecule has 2 heterocycles. The first-order valence-corrected chi connectivity index (χ1v) is 6.78. The van der Waals surface area contributed by atoms with Gasteiger partial charge in [-0.05, 0) is 11.4 Å². The van der Waals surface area contributed by atoms with E-state index < -0.39 is 10.0 Å². The lowest BCUT2D eigenvalue weighted by Crippen LogP contribution is -2.08. The average Bonchev–Trinajstić information content (AvgIpc) is 2.86. The second-order valence-electron chi connectivity index (χ2n) is 2.96. The average molecular weight is 255 g/mol. The second kappa shape index (κ2) is 4.11. The predicted octanol–water partition coefficient (Wildman–Crippen LogP) is 2.02. The number of aromatic nitrogens is 2. The number of nitrogens with zero attached hydrogens (tertiary/aromatic N) is 1. The zero-order chi connectivity index (χ0) is 11.6. The Morgan fingerprint density at radius 3 is 3.00 bits per heavy atom. The number of aromatic amines is 1. The van der Waals surface area contributed by atoms with Gasteiger partial charge in [-0.15, -0.1) is 11.3 Å². The van der Waals surface area contributed by atoms with Crippen molar-refractivity contribution in [3.05, 3.63) is 35.6 Å². The summed E-state index contributed by atoms with van der Waals surface area (Å²) in [7, 11) is -3.48. The SMILES string of the molecule is C=CS(=O)(=O)Nc1cc(-c2cccs2)n[nH]1. The number of thiophene rings is 1. The molecule has 0 aromatic carbocycles. The molecule has 0 aliphatic heterocycles.